The standard InChI is InChI=1S/C29H28ClN7O5/c30-20-12-33-29-35-24(16-37(29)14-20)28(40)36-8-6-25-23(15-36)34-26(38)5-2-7-32-27(39)19-10-22(13-31-11-19)42-21-4-1-3-18(9-21)17-41-25/h1,3-4,9-14,16,23,25H,2,5-8,15,17H2,(H,32,39)(H,34,38)/t23-,25-/m0/s1. The van der Waals surface area contributed by atoms with Crippen molar-refractivity contribution < 1.29 is 23.9 Å². The third kappa shape index (κ3) is 6.34. The van der Waals surface area contributed by atoms with Crippen LogP contribution in [0.25, 0.3) is 5.78 Å². The quantitative estimate of drug-likeness (QED) is 0.345. The number of piperidine rings is 1. The number of benzene rings is 1. The van der Waals surface area contributed by atoms with E-state index in [1.54, 1.807) is 34.0 Å². The van der Waals surface area contributed by atoms with Crippen LogP contribution >= 0.6 is 11.6 Å². The lowest BCUT2D eigenvalue weighted by Crippen LogP contribution is -2.57. The van der Waals surface area contributed by atoms with Gasteiger partial charge in [-0.3, -0.25) is 23.8 Å². The Labute approximate surface area is 246 Å². The fourth-order valence-electron chi connectivity index (χ4n) is 5.05. The van der Waals surface area contributed by atoms with Crippen molar-refractivity contribution in [3.05, 3.63) is 83.2 Å². The average Bonchev–Trinajstić information content (AvgIpc) is 3.41. The number of hydrogen-bond acceptors (Lipinski definition) is 8. The molecule has 12 nitrogen and oxygen atoms in total. The van der Waals surface area contributed by atoms with Crippen LogP contribution in [0.5, 0.6) is 11.5 Å². The largest absolute Gasteiger partial charge is 0.456 e. The molecule has 3 aromatic heterocycles. The lowest BCUT2D eigenvalue weighted by molar-refractivity contribution is -0.124. The van der Waals surface area contributed by atoms with Gasteiger partial charge in [-0.15, -0.1) is 0 Å². The Bertz CT molecular complexity index is 1640. The van der Waals surface area contributed by atoms with Gasteiger partial charge in [0, 0.05) is 44.6 Å². The molecule has 5 heterocycles. The summed E-state index contributed by atoms with van der Waals surface area (Å²) >= 11 is 6.03. The van der Waals surface area contributed by atoms with Gasteiger partial charge in [0.25, 0.3) is 11.8 Å². The number of halogens is 1. The Morgan fingerprint density at radius 1 is 1.10 bits per heavy atom. The minimum atomic E-state index is -0.446. The number of imidazole rings is 1. The van der Waals surface area contributed by atoms with Gasteiger partial charge in [-0.2, -0.15) is 0 Å². The van der Waals surface area contributed by atoms with Crippen molar-refractivity contribution in [2.45, 2.75) is 38.0 Å². The number of likely N-dealkylation sites (tertiary alicyclic amines) is 1. The van der Waals surface area contributed by atoms with Gasteiger partial charge in [-0.1, -0.05) is 23.7 Å². The van der Waals surface area contributed by atoms with E-state index in [4.69, 9.17) is 21.1 Å². The summed E-state index contributed by atoms with van der Waals surface area (Å²) in [5.74, 6) is 0.612. The molecule has 0 saturated carbocycles. The lowest BCUT2D eigenvalue weighted by Gasteiger charge is -2.38. The first kappa shape index (κ1) is 27.6. The predicted molar refractivity (Wildman–Crippen MR) is 151 cm³/mol. The molecule has 0 unspecified atom stereocenters. The number of rotatable bonds is 1. The maximum absolute atomic E-state index is 13.4. The summed E-state index contributed by atoms with van der Waals surface area (Å²) in [6, 6.07) is 8.62. The van der Waals surface area contributed by atoms with E-state index in [2.05, 4.69) is 25.6 Å². The first-order chi connectivity index (χ1) is 20.4. The van der Waals surface area contributed by atoms with E-state index in [0.717, 1.165) is 5.56 Å². The number of aromatic nitrogens is 4. The molecule has 4 bridgehead atoms. The highest BCUT2D eigenvalue weighted by atomic mass is 35.5. The SMILES string of the molecule is O=C1CCCNC(=O)c2cncc(c2)Oc2cccc(c2)CO[C@H]2CCN(C(=O)c3cn4cc(Cl)cnc4n3)C[C@@H]2N1. The molecule has 2 aliphatic heterocycles. The van der Waals surface area contributed by atoms with Crippen LogP contribution in [0, 0.1) is 0 Å². The number of fused-ring (bicyclic) bond motifs is 6. The smallest absolute Gasteiger partial charge is 0.274 e. The Hall–Kier alpha value is -4.55. The van der Waals surface area contributed by atoms with Gasteiger partial charge < -0.3 is 25.0 Å². The van der Waals surface area contributed by atoms with Crippen LogP contribution in [-0.2, 0) is 16.1 Å². The lowest BCUT2D eigenvalue weighted by atomic mass is 10.0. The van der Waals surface area contributed by atoms with Crippen LogP contribution in [0.4, 0.5) is 0 Å². The molecular formula is C29H28ClN7O5. The number of nitrogens with zero attached hydrogens (tertiary/aromatic N) is 5. The minimum Gasteiger partial charge on any atom is -0.456 e. The molecule has 1 aromatic carbocycles. The van der Waals surface area contributed by atoms with Crippen LogP contribution in [0.3, 0.4) is 0 Å². The zero-order valence-corrected chi connectivity index (χ0v) is 23.3. The number of ether oxygens (including phenoxy) is 2. The minimum absolute atomic E-state index is 0.191. The van der Waals surface area contributed by atoms with Gasteiger partial charge in [0.2, 0.25) is 11.7 Å². The molecule has 6 rings (SSSR count). The van der Waals surface area contributed by atoms with E-state index in [1.807, 2.05) is 24.3 Å². The van der Waals surface area contributed by atoms with Crippen molar-refractivity contribution in [1.82, 2.24) is 34.9 Å². The summed E-state index contributed by atoms with van der Waals surface area (Å²) in [6.45, 7) is 1.26. The molecule has 1 saturated heterocycles. The van der Waals surface area contributed by atoms with Crippen LogP contribution in [0.15, 0.2) is 61.3 Å². The van der Waals surface area contributed by atoms with E-state index in [-0.39, 0.29) is 49.1 Å². The highest BCUT2D eigenvalue weighted by Gasteiger charge is 2.34. The fraction of sp³-hybridized carbons (Fsp3) is 0.310. The van der Waals surface area contributed by atoms with Gasteiger partial charge in [0.15, 0.2) is 0 Å². The number of pyridine rings is 1. The molecule has 13 heteroatoms. The molecule has 0 radical (unpaired) electrons. The first-order valence-electron chi connectivity index (χ1n) is 13.6. The topological polar surface area (TPSA) is 140 Å². The molecule has 42 heavy (non-hydrogen) atoms. The summed E-state index contributed by atoms with van der Waals surface area (Å²) in [5, 5.41) is 6.30. The maximum Gasteiger partial charge on any atom is 0.274 e. The summed E-state index contributed by atoms with van der Waals surface area (Å²) < 4.78 is 13.9. The Kier molecular flexibility index (Phi) is 7.97. The van der Waals surface area contributed by atoms with Gasteiger partial charge in [0.1, 0.15) is 17.2 Å². The number of nitrogens with one attached hydrogen (secondary N) is 2. The zero-order chi connectivity index (χ0) is 29.1. The average molecular weight is 590 g/mol. The number of carbonyl (C=O) groups is 3. The Morgan fingerprint density at radius 2 is 2.00 bits per heavy atom. The zero-order valence-electron chi connectivity index (χ0n) is 22.5. The van der Waals surface area contributed by atoms with Gasteiger partial charge in [-0.05, 0) is 36.6 Å². The normalized spacial score (nSPS) is 20.0. The summed E-state index contributed by atoms with van der Waals surface area (Å²) in [4.78, 5) is 53.3. The highest BCUT2D eigenvalue weighted by Crippen LogP contribution is 2.24. The van der Waals surface area contributed by atoms with Crippen molar-refractivity contribution in [2.75, 3.05) is 19.6 Å². The highest BCUT2D eigenvalue weighted by molar-refractivity contribution is 6.30. The van der Waals surface area contributed by atoms with Crippen molar-refractivity contribution in [2.24, 2.45) is 0 Å². The molecule has 2 N–H and O–H groups in total. The van der Waals surface area contributed by atoms with Crippen LogP contribution in [-0.4, -0.2) is 73.8 Å². The van der Waals surface area contributed by atoms with E-state index in [1.165, 1.54) is 12.4 Å². The van der Waals surface area contributed by atoms with Crippen molar-refractivity contribution in [1.29, 1.82) is 0 Å². The summed E-state index contributed by atoms with van der Waals surface area (Å²) in [7, 11) is 0. The van der Waals surface area contributed by atoms with Crippen molar-refractivity contribution in [3.8, 4) is 11.5 Å². The molecule has 4 aromatic rings. The third-order valence-electron chi connectivity index (χ3n) is 7.12. The van der Waals surface area contributed by atoms with Crippen molar-refractivity contribution in [3.63, 3.8) is 0 Å². The molecule has 3 amide bonds. The number of hydrogen-bond donors (Lipinski definition) is 2. The summed E-state index contributed by atoms with van der Waals surface area (Å²) in [5.41, 5.74) is 1.47. The molecule has 2 atom stereocenters. The molecule has 0 spiro atoms. The van der Waals surface area contributed by atoms with E-state index in [9.17, 15) is 14.4 Å². The molecule has 1 fully saturated rings. The molecule has 0 aliphatic carbocycles. The Balaban J connectivity index is 1.20. The molecular weight excluding hydrogens is 562 g/mol. The molecule has 216 valence electrons. The molecule has 2 aliphatic rings. The number of amides is 3. The van der Waals surface area contributed by atoms with E-state index >= 15 is 0 Å². The van der Waals surface area contributed by atoms with Crippen molar-refractivity contribution >= 4 is 35.1 Å². The second-order valence-electron chi connectivity index (χ2n) is 10.2. The van der Waals surface area contributed by atoms with Gasteiger partial charge >= 0.3 is 0 Å². The van der Waals surface area contributed by atoms with Gasteiger partial charge in [-0.25, -0.2) is 9.97 Å². The van der Waals surface area contributed by atoms with E-state index in [0.29, 0.717) is 53.8 Å². The third-order valence-corrected chi connectivity index (χ3v) is 7.32. The monoisotopic (exact) mass is 589 g/mol. The van der Waals surface area contributed by atoms with Crippen LogP contribution in [0.1, 0.15) is 45.7 Å². The van der Waals surface area contributed by atoms with Crippen LogP contribution < -0.4 is 15.4 Å². The second kappa shape index (κ2) is 12.1. The second-order valence-corrected chi connectivity index (χ2v) is 10.6. The van der Waals surface area contributed by atoms with Crippen LogP contribution in [0.2, 0.25) is 5.02 Å². The first-order valence-corrected chi connectivity index (χ1v) is 14.0. The number of carbonyl (C=O) groups excluding carboxylic acids is 3. The Morgan fingerprint density at radius 3 is 2.90 bits per heavy atom. The van der Waals surface area contributed by atoms with E-state index < -0.39 is 6.04 Å². The fourth-order valence-corrected chi connectivity index (χ4v) is 5.20. The maximum atomic E-state index is 13.4. The summed E-state index contributed by atoms with van der Waals surface area (Å²) in [6.07, 6.45) is 8.52. The van der Waals surface area contributed by atoms with Gasteiger partial charge in [0.05, 0.1) is 41.7 Å². The predicted octanol–water partition coefficient (Wildman–Crippen LogP) is 3.01.